The van der Waals surface area contributed by atoms with E-state index >= 15 is 0 Å². The highest BCUT2D eigenvalue weighted by molar-refractivity contribution is 6.36. The average Bonchev–Trinajstić information content (AvgIpc) is 2.49. The number of nitrogens with one attached hydrogen (secondary N) is 2. The van der Waals surface area contributed by atoms with Crippen LogP contribution >= 0.6 is 23.2 Å². The lowest BCUT2D eigenvalue weighted by Gasteiger charge is -2.42. The number of fused-ring (bicyclic) bond motifs is 1. The molecule has 0 aromatic heterocycles. The Bertz CT molecular complexity index is 573. The van der Waals surface area contributed by atoms with Gasteiger partial charge in [-0.05, 0) is 37.9 Å². The van der Waals surface area contributed by atoms with Crippen LogP contribution in [0.3, 0.4) is 0 Å². The Morgan fingerprint density at radius 3 is 2.77 bits per heavy atom. The fraction of sp³-hybridized carbons (Fsp3) is 0.562. The van der Waals surface area contributed by atoms with Gasteiger partial charge in [0.1, 0.15) is 0 Å². The standard InChI is InChI=1S/C16H21Cl2N3O/c1-10(22)21(12-3-2-5-19-9-12)15-4-6-20-16-13(15)7-11(17)8-14(16)18/h7-8,12,15,19-20H,2-6,9H2,1H3. The van der Waals surface area contributed by atoms with E-state index in [1.54, 1.807) is 13.0 Å². The number of piperidine rings is 1. The van der Waals surface area contributed by atoms with Gasteiger partial charge >= 0.3 is 0 Å². The first-order valence-electron chi connectivity index (χ1n) is 7.80. The topological polar surface area (TPSA) is 44.4 Å². The van der Waals surface area contributed by atoms with Crippen molar-refractivity contribution in [2.75, 3.05) is 25.0 Å². The van der Waals surface area contributed by atoms with Crippen LogP contribution in [0.5, 0.6) is 0 Å². The maximum absolute atomic E-state index is 12.3. The molecule has 2 heterocycles. The highest BCUT2D eigenvalue weighted by atomic mass is 35.5. The zero-order chi connectivity index (χ0) is 15.7. The van der Waals surface area contributed by atoms with Crippen molar-refractivity contribution >= 4 is 34.8 Å². The molecule has 2 unspecified atom stereocenters. The summed E-state index contributed by atoms with van der Waals surface area (Å²) in [6.45, 7) is 4.35. The van der Waals surface area contributed by atoms with Crippen LogP contribution in [-0.4, -0.2) is 36.5 Å². The third kappa shape index (κ3) is 3.05. The zero-order valence-electron chi connectivity index (χ0n) is 12.7. The number of benzene rings is 1. The largest absolute Gasteiger partial charge is 0.383 e. The van der Waals surface area contributed by atoms with Crippen molar-refractivity contribution in [1.29, 1.82) is 0 Å². The van der Waals surface area contributed by atoms with Crippen molar-refractivity contribution in [2.45, 2.75) is 38.3 Å². The van der Waals surface area contributed by atoms with Crippen molar-refractivity contribution in [2.24, 2.45) is 0 Å². The van der Waals surface area contributed by atoms with Gasteiger partial charge < -0.3 is 15.5 Å². The number of amides is 1. The normalized spacial score (nSPS) is 24.3. The average molecular weight is 342 g/mol. The number of rotatable bonds is 2. The van der Waals surface area contributed by atoms with Crippen LogP contribution in [0.25, 0.3) is 0 Å². The molecule has 1 amide bonds. The van der Waals surface area contributed by atoms with Gasteiger partial charge in [0.05, 0.1) is 16.8 Å². The molecule has 0 radical (unpaired) electrons. The Hall–Kier alpha value is -0.970. The van der Waals surface area contributed by atoms with Crippen LogP contribution in [0.1, 0.15) is 37.8 Å². The second-order valence-corrected chi connectivity index (χ2v) is 6.85. The number of hydrogen-bond acceptors (Lipinski definition) is 3. The molecule has 120 valence electrons. The Morgan fingerprint density at radius 2 is 2.09 bits per heavy atom. The van der Waals surface area contributed by atoms with E-state index in [1.165, 1.54) is 0 Å². The summed E-state index contributed by atoms with van der Waals surface area (Å²) in [7, 11) is 0. The van der Waals surface area contributed by atoms with E-state index in [-0.39, 0.29) is 18.0 Å². The lowest BCUT2D eigenvalue weighted by molar-refractivity contribution is -0.134. The molecule has 0 spiro atoms. The minimum atomic E-state index is 0.0369. The molecule has 0 aliphatic carbocycles. The SMILES string of the molecule is CC(=O)N(C1CCCNC1)C1CCNc2c(Cl)cc(Cl)cc21. The molecule has 2 atom stereocenters. The monoisotopic (exact) mass is 341 g/mol. The van der Waals surface area contributed by atoms with Gasteiger partial charge in [0.15, 0.2) is 0 Å². The highest BCUT2D eigenvalue weighted by Gasteiger charge is 2.34. The fourth-order valence-electron chi connectivity index (χ4n) is 3.62. The third-order valence-corrected chi connectivity index (χ3v) is 5.04. The molecule has 2 N–H and O–H groups in total. The first-order chi connectivity index (χ1) is 10.6. The molecule has 6 heteroatoms. The second-order valence-electron chi connectivity index (χ2n) is 6.01. The maximum atomic E-state index is 12.3. The summed E-state index contributed by atoms with van der Waals surface area (Å²) < 4.78 is 0. The van der Waals surface area contributed by atoms with Crippen LogP contribution in [0.2, 0.25) is 10.0 Å². The molecule has 1 saturated heterocycles. The maximum Gasteiger partial charge on any atom is 0.220 e. The summed E-state index contributed by atoms with van der Waals surface area (Å²) in [5.74, 6) is 0.114. The van der Waals surface area contributed by atoms with Gasteiger partial charge in [-0.25, -0.2) is 0 Å². The van der Waals surface area contributed by atoms with E-state index in [4.69, 9.17) is 23.2 Å². The summed E-state index contributed by atoms with van der Waals surface area (Å²) in [5, 5.41) is 7.97. The molecule has 1 aromatic rings. The van der Waals surface area contributed by atoms with Gasteiger partial charge in [0.2, 0.25) is 5.91 Å². The van der Waals surface area contributed by atoms with Gasteiger partial charge in [-0.3, -0.25) is 4.79 Å². The molecular formula is C16H21Cl2N3O. The van der Waals surface area contributed by atoms with Crippen LogP contribution in [-0.2, 0) is 4.79 Å². The lowest BCUT2D eigenvalue weighted by atomic mass is 9.93. The summed E-state index contributed by atoms with van der Waals surface area (Å²) in [5.41, 5.74) is 1.95. The van der Waals surface area contributed by atoms with Crippen LogP contribution in [0.4, 0.5) is 5.69 Å². The molecular weight excluding hydrogens is 321 g/mol. The molecule has 2 aliphatic heterocycles. The molecule has 3 rings (SSSR count). The molecule has 1 aromatic carbocycles. The van der Waals surface area contributed by atoms with Crippen molar-refractivity contribution in [3.05, 3.63) is 27.7 Å². The third-order valence-electron chi connectivity index (χ3n) is 4.53. The summed E-state index contributed by atoms with van der Waals surface area (Å²) in [6, 6.07) is 3.96. The van der Waals surface area contributed by atoms with E-state index in [2.05, 4.69) is 10.6 Å². The van der Waals surface area contributed by atoms with Gasteiger partial charge in [-0.2, -0.15) is 0 Å². The van der Waals surface area contributed by atoms with Crippen molar-refractivity contribution in [1.82, 2.24) is 10.2 Å². The van der Waals surface area contributed by atoms with Crippen molar-refractivity contribution in [3.63, 3.8) is 0 Å². The molecule has 1 fully saturated rings. The van der Waals surface area contributed by atoms with Crippen LogP contribution in [0, 0.1) is 0 Å². The number of carbonyl (C=O) groups is 1. The van der Waals surface area contributed by atoms with Crippen LogP contribution < -0.4 is 10.6 Å². The van der Waals surface area contributed by atoms with E-state index in [0.29, 0.717) is 10.0 Å². The minimum absolute atomic E-state index is 0.0369. The zero-order valence-corrected chi connectivity index (χ0v) is 14.2. The molecule has 4 nitrogen and oxygen atoms in total. The molecule has 22 heavy (non-hydrogen) atoms. The smallest absolute Gasteiger partial charge is 0.220 e. The van der Waals surface area contributed by atoms with Crippen molar-refractivity contribution < 1.29 is 4.79 Å². The van der Waals surface area contributed by atoms with Gasteiger partial charge in [0, 0.05) is 36.6 Å². The minimum Gasteiger partial charge on any atom is -0.383 e. The molecule has 2 aliphatic rings. The Balaban J connectivity index is 1.98. The number of anilines is 1. The van der Waals surface area contributed by atoms with E-state index in [1.807, 2.05) is 11.0 Å². The Labute approximate surface area is 141 Å². The lowest BCUT2D eigenvalue weighted by Crippen LogP contribution is -2.50. The van der Waals surface area contributed by atoms with Gasteiger partial charge in [0.25, 0.3) is 0 Å². The molecule has 0 saturated carbocycles. The number of carbonyl (C=O) groups excluding carboxylic acids is 1. The first kappa shape index (κ1) is 15.9. The van der Waals surface area contributed by atoms with Crippen LogP contribution in [0.15, 0.2) is 12.1 Å². The fourth-order valence-corrected chi connectivity index (χ4v) is 4.20. The number of hydrogen-bond donors (Lipinski definition) is 2. The predicted molar refractivity (Wildman–Crippen MR) is 90.7 cm³/mol. The molecule has 0 bridgehead atoms. The first-order valence-corrected chi connectivity index (χ1v) is 8.56. The second kappa shape index (κ2) is 6.65. The number of halogens is 2. The number of nitrogens with zero attached hydrogens (tertiary/aromatic N) is 1. The summed E-state index contributed by atoms with van der Waals surface area (Å²) in [4.78, 5) is 14.4. The quantitative estimate of drug-likeness (QED) is 0.865. The van der Waals surface area contributed by atoms with Gasteiger partial charge in [-0.15, -0.1) is 0 Å². The van der Waals surface area contributed by atoms with E-state index in [0.717, 1.165) is 50.1 Å². The van der Waals surface area contributed by atoms with E-state index in [9.17, 15) is 4.79 Å². The van der Waals surface area contributed by atoms with E-state index < -0.39 is 0 Å². The van der Waals surface area contributed by atoms with Gasteiger partial charge in [-0.1, -0.05) is 23.2 Å². The highest BCUT2D eigenvalue weighted by Crippen LogP contribution is 2.41. The Morgan fingerprint density at radius 1 is 1.27 bits per heavy atom. The summed E-state index contributed by atoms with van der Waals surface area (Å²) >= 11 is 12.5. The summed E-state index contributed by atoms with van der Waals surface area (Å²) in [6.07, 6.45) is 3.02. The van der Waals surface area contributed by atoms with Crippen molar-refractivity contribution in [3.8, 4) is 0 Å². The Kier molecular flexibility index (Phi) is 4.81. The predicted octanol–water partition coefficient (Wildman–Crippen LogP) is 3.45.